The summed E-state index contributed by atoms with van der Waals surface area (Å²) in [6.07, 6.45) is 3.78. The lowest BCUT2D eigenvalue weighted by Gasteiger charge is -2.45. The van der Waals surface area contributed by atoms with E-state index in [-0.39, 0.29) is 13.0 Å². The van der Waals surface area contributed by atoms with Gasteiger partial charge in [0.15, 0.2) is 0 Å². The van der Waals surface area contributed by atoms with Crippen LogP contribution in [0.15, 0.2) is 24.5 Å². The van der Waals surface area contributed by atoms with Crippen molar-refractivity contribution in [1.82, 2.24) is 9.88 Å². The van der Waals surface area contributed by atoms with E-state index >= 15 is 0 Å². The van der Waals surface area contributed by atoms with E-state index in [1.165, 1.54) is 0 Å². The normalized spacial score (nSPS) is 29.2. The van der Waals surface area contributed by atoms with Crippen molar-refractivity contribution < 1.29 is 13.9 Å². The molecule has 0 saturated carbocycles. The van der Waals surface area contributed by atoms with Crippen LogP contribution in [-0.2, 0) is 0 Å². The van der Waals surface area contributed by atoms with Crippen molar-refractivity contribution in [3.63, 3.8) is 0 Å². The number of halogens is 2. The number of alkyl halides is 2. The monoisotopic (exact) mass is 297 g/mol. The van der Waals surface area contributed by atoms with Crippen molar-refractivity contribution >= 4 is 5.69 Å². The van der Waals surface area contributed by atoms with Gasteiger partial charge in [-0.1, -0.05) is 0 Å². The molecule has 2 saturated heterocycles. The van der Waals surface area contributed by atoms with E-state index < -0.39 is 11.3 Å². The van der Waals surface area contributed by atoms with Crippen LogP contribution in [-0.4, -0.2) is 60.2 Å². The fraction of sp³-hybridized carbons (Fsp3) is 0.667. The van der Waals surface area contributed by atoms with Crippen LogP contribution in [0.25, 0.3) is 0 Å². The Balaban J connectivity index is 1.79. The molecule has 0 amide bonds. The lowest BCUT2D eigenvalue weighted by molar-refractivity contribution is -0.158. The molecule has 0 aliphatic carbocycles. The predicted molar refractivity (Wildman–Crippen MR) is 76.6 cm³/mol. The summed E-state index contributed by atoms with van der Waals surface area (Å²) in [5, 5.41) is 9.06. The Morgan fingerprint density at radius 1 is 1.24 bits per heavy atom. The topological polar surface area (TPSA) is 39.6 Å². The molecule has 0 radical (unpaired) electrons. The highest BCUT2D eigenvalue weighted by molar-refractivity contribution is 5.45. The standard InChI is InChI=1S/C15H21F2N3O/c16-15(17)4-6-19(8-9-21)11-14(15)3-7-20(12-14)13-2-1-5-18-10-13/h1-2,5,10,21H,3-4,6-9,11-12H2. The van der Waals surface area contributed by atoms with E-state index in [0.29, 0.717) is 39.1 Å². The number of hydrogen-bond acceptors (Lipinski definition) is 4. The first-order chi connectivity index (χ1) is 10.1. The number of aliphatic hydroxyl groups is 1. The number of piperidine rings is 1. The largest absolute Gasteiger partial charge is 0.395 e. The van der Waals surface area contributed by atoms with E-state index in [0.717, 1.165) is 5.69 Å². The van der Waals surface area contributed by atoms with Gasteiger partial charge in [0.05, 0.1) is 23.9 Å². The third-order valence-corrected chi connectivity index (χ3v) is 4.83. The third-order valence-electron chi connectivity index (χ3n) is 4.83. The second kappa shape index (κ2) is 5.50. The highest BCUT2D eigenvalue weighted by atomic mass is 19.3. The molecule has 2 aliphatic rings. The van der Waals surface area contributed by atoms with Crippen LogP contribution < -0.4 is 4.90 Å². The molecule has 2 fully saturated rings. The van der Waals surface area contributed by atoms with Crippen molar-refractivity contribution in [2.75, 3.05) is 44.2 Å². The van der Waals surface area contributed by atoms with E-state index in [4.69, 9.17) is 5.11 Å². The molecule has 21 heavy (non-hydrogen) atoms. The van der Waals surface area contributed by atoms with Crippen molar-refractivity contribution in [3.8, 4) is 0 Å². The Bertz CT molecular complexity index is 485. The van der Waals surface area contributed by atoms with Crippen LogP contribution in [0.5, 0.6) is 0 Å². The van der Waals surface area contributed by atoms with Crippen LogP contribution >= 0.6 is 0 Å². The molecular formula is C15H21F2N3O. The predicted octanol–water partition coefficient (Wildman–Crippen LogP) is 1.61. The van der Waals surface area contributed by atoms with Crippen LogP contribution in [0.2, 0.25) is 0 Å². The molecular weight excluding hydrogens is 276 g/mol. The summed E-state index contributed by atoms with van der Waals surface area (Å²) >= 11 is 0. The number of rotatable bonds is 3. The molecule has 3 heterocycles. The first kappa shape index (κ1) is 14.7. The molecule has 1 spiro atoms. The lowest BCUT2D eigenvalue weighted by atomic mass is 9.75. The van der Waals surface area contributed by atoms with Crippen LogP contribution in [0.1, 0.15) is 12.8 Å². The van der Waals surface area contributed by atoms with Gasteiger partial charge in [-0.3, -0.25) is 9.88 Å². The number of β-amino-alcohol motifs (C(OH)–C–C–N with tert-alkyl or cyclic N) is 1. The van der Waals surface area contributed by atoms with E-state index in [1.807, 2.05) is 21.9 Å². The highest BCUT2D eigenvalue weighted by Gasteiger charge is 2.59. The number of nitrogens with zero attached hydrogens (tertiary/aromatic N) is 3. The smallest absolute Gasteiger partial charge is 0.257 e. The third kappa shape index (κ3) is 2.62. The first-order valence-electron chi connectivity index (χ1n) is 7.42. The average molecular weight is 297 g/mol. The van der Waals surface area contributed by atoms with Gasteiger partial charge in [-0.15, -0.1) is 0 Å². The fourth-order valence-corrected chi connectivity index (χ4v) is 3.58. The van der Waals surface area contributed by atoms with Gasteiger partial charge >= 0.3 is 0 Å². The first-order valence-corrected chi connectivity index (χ1v) is 7.42. The van der Waals surface area contributed by atoms with E-state index in [1.54, 1.807) is 12.4 Å². The van der Waals surface area contributed by atoms with Gasteiger partial charge in [0.25, 0.3) is 5.92 Å². The summed E-state index contributed by atoms with van der Waals surface area (Å²) in [4.78, 5) is 8.04. The molecule has 1 aromatic heterocycles. The summed E-state index contributed by atoms with van der Waals surface area (Å²) in [6, 6.07) is 3.75. The minimum Gasteiger partial charge on any atom is -0.395 e. The molecule has 4 nitrogen and oxygen atoms in total. The molecule has 0 bridgehead atoms. The number of hydrogen-bond donors (Lipinski definition) is 1. The highest BCUT2D eigenvalue weighted by Crippen LogP contribution is 2.50. The van der Waals surface area contributed by atoms with Crippen molar-refractivity contribution in [3.05, 3.63) is 24.5 Å². The Hall–Kier alpha value is -1.27. The maximum Gasteiger partial charge on any atom is 0.257 e. The summed E-state index contributed by atoms with van der Waals surface area (Å²) < 4.78 is 29.1. The van der Waals surface area contributed by atoms with Crippen LogP contribution in [0.3, 0.4) is 0 Å². The fourth-order valence-electron chi connectivity index (χ4n) is 3.58. The van der Waals surface area contributed by atoms with Gasteiger partial charge in [-0.2, -0.15) is 0 Å². The Morgan fingerprint density at radius 2 is 2.10 bits per heavy atom. The zero-order valence-corrected chi connectivity index (χ0v) is 12.0. The SMILES string of the molecule is OCCN1CCC(F)(F)C2(CCN(c3cccnc3)C2)C1. The quantitative estimate of drug-likeness (QED) is 0.920. The Kier molecular flexibility index (Phi) is 3.84. The number of likely N-dealkylation sites (tertiary alicyclic amines) is 1. The van der Waals surface area contributed by atoms with E-state index in [2.05, 4.69) is 4.98 Å². The minimum atomic E-state index is -2.64. The van der Waals surface area contributed by atoms with Crippen molar-refractivity contribution in [1.29, 1.82) is 0 Å². The van der Waals surface area contributed by atoms with Crippen LogP contribution in [0, 0.1) is 5.41 Å². The van der Waals surface area contributed by atoms with E-state index in [9.17, 15) is 8.78 Å². The van der Waals surface area contributed by atoms with Gasteiger partial charge in [-0.05, 0) is 18.6 Å². The molecule has 0 aromatic carbocycles. The molecule has 1 unspecified atom stereocenters. The van der Waals surface area contributed by atoms with Gasteiger partial charge in [0, 0.05) is 45.3 Å². The minimum absolute atomic E-state index is 0.0218. The van der Waals surface area contributed by atoms with Crippen molar-refractivity contribution in [2.24, 2.45) is 5.41 Å². The number of aromatic nitrogens is 1. The Labute approximate surface area is 123 Å². The van der Waals surface area contributed by atoms with Gasteiger partial charge in [0.2, 0.25) is 0 Å². The average Bonchev–Trinajstić information content (AvgIpc) is 2.91. The van der Waals surface area contributed by atoms with Gasteiger partial charge in [0.1, 0.15) is 0 Å². The number of pyridine rings is 1. The molecule has 3 rings (SSSR count). The molecule has 1 atom stereocenters. The summed E-state index contributed by atoms with van der Waals surface area (Å²) in [5.74, 6) is -2.64. The molecule has 2 aliphatic heterocycles. The Morgan fingerprint density at radius 3 is 2.81 bits per heavy atom. The van der Waals surface area contributed by atoms with Gasteiger partial charge in [-0.25, -0.2) is 8.78 Å². The maximum absolute atomic E-state index is 14.5. The second-order valence-corrected chi connectivity index (χ2v) is 6.12. The summed E-state index contributed by atoms with van der Waals surface area (Å²) in [6.45, 7) is 2.21. The summed E-state index contributed by atoms with van der Waals surface area (Å²) in [7, 11) is 0. The van der Waals surface area contributed by atoms with Gasteiger partial charge < -0.3 is 10.0 Å². The maximum atomic E-state index is 14.5. The second-order valence-electron chi connectivity index (χ2n) is 6.12. The molecule has 6 heteroatoms. The summed E-state index contributed by atoms with van der Waals surface area (Å²) in [5.41, 5.74) is -0.0968. The lowest BCUT2D eigenvalue weighted by Crippen LogP contribution is -2.57. The zero-order chi connectivity index (χ0) is 14.9. The molecule has 1 N–H and O–H groups in total. The molecule has 116 valence electrons. The van der Waals surface area contributed by atoms with Crippen molar-refractivity contribution in [2.45, 2.75) is 18.8 Å². The zero-order valence-electron chi connectivity index (χ0n) is 12.0. The number of anilines is 1. The number of aliphatic hydroxyl groups excluding tert-OH is 1. The molecule has 1 aromatic rings. The van der Waals surface area contributed by atoms with Crippen LogP contribution in [0.4, 0.5) is 14.5 Å².